The van der Waals surface area contributed by atoms with Gasteiger partial charge in [0.05, 0.1) is 5.69 Å². The number of amides is 1. The molecule has 0 radical (unpaired) electrons. The van der Waals surface area contributed by atoms with Gasteiger partial charge in [-0.1, -0.05) is 6.92 Å². The van der Waals surface area contributed by atoms with Crippen molar-refractivity contribution in [3.8, 4) is 6.07 Å². The van der Waals surface area contributed by atoms with E-state index in [9.17, 15) is 10.1 Å². The molecule has 0 unspecified atom stereocenters. The number of hydrogen-bond acceptors (Lipinski definition) is 6. The highest BCUT2D eigenvalue weighted by Crippen LogP contribution is 2.38. The number of carbonyl (C=O) groups excluding carboxylic acids is 1. The minimum absolute atomic E-state index is 0.146. The first-order valence-electron chi connectivity index (χ1n) is 7.00. The first-order valence-corrected chi connectivity index (χ1v) is 7.82. The zero-order valence-electron chi connectivity index (χ0n) is 12.7. The van der Waals surface area contributed by atoms with Crippen molar-refractivity contribution in [2.24, 2.45) is 0 Å². The van der Waals surface area contributed by atoms with Crippen molar-refractivity contribution >= 4 is 27.9 Å². The van der Waals surface area contributed by atoms with Crippen LogP contribution in [0.25, 0.3) is 0 Å². The summed E-state index contributed by atoms with van der Waals surface area (Å²) in [6, 6.07) is 2.16. The Hall–Kier alpha value is -1.78. The van der Waals surface area contributed by atoms with Crippen molar-refractivity contribution in [1.82, 2.24) is 9.80 Å². The Bertz CT molecular complexity index is 567. The van der Waals surface area contributed by atoms with Crippen LogP contribution in [0.4, 0.5) is 10.7 Å². The third-order valence-electron chi connectivity index (χ3n) is 3.75. The number of nitrogens with two attached hydrogens (primary N) is 1. The molecule has 114 valence electrons. The summed E-state index contributed by atoms with van der Waals surface area (Å²) in [5.74, 6) is -0.146. The molecule has 0 atom stereocenters. The van der Waals surface area contributed by atoms with E-state index in [0.29, 0.717) is 16.1 Å². The smallest absolute Gasteiger partial charge is 0.265 e. The van der Waals surface area contributed by atoms with Gasteiger partial charge >= 0.3 is 0 Å². The first-order chi connectivity index (χ1) is 9.99. The van der Waals surface area contributed by atoms with Gasteiger partial charge in [-0.25, -0.2) is 0 Å². The van der Waals surface area contributed by atoms with Gasteiger partial charge in [0.15, 0.2) is 0 Å². The largest absolute Gasteiger partial charge is 0.396 e. The van der Waals surface area contributed by atoms with E-state index in [0.717, 1.165) is 37.7 Å². The Balaban J connectivity index is 2.30. The molecule has 7 heteroatoms. The fourth-order valence-corrected chi connectivity index (χ4v) is 3.64. The summed E-state index contributed by atoms with van der Waals surface area (Å²) in [4.78, 5) is 18.6. The second-order valence-electron chi connectivity index (χ2n) is 5.26. The Morgan fingerprint density at radius 2 is 2.00 bits per heavy atom. The number of nitriles is 1. The summed E-state index contributed by atoms with van der Waals surface area (Å²) in [5, 5.41) is 10.2. The number of thiophene rings is 1. The maximum atomic E-state index is 12.1. The topological polar surface area (TPSA) is 76.6 Å². The summed E-state index contributed by atoms with van der Waals surface area (Å²) < 4.78 is 0. The number of rotatable bonds is 3. The second kappa shape index (κ2) is 6.33. The number of likely N-dealkylation sites (N-methyl/N-ethyl adjacent to an activating group) is 1. The third kappa shape index (κ3) is 2.96. The lowest BCUT2D eigenvalue weighted by molar-refractivity contribution is 0.0833. The summed E-state index contributed by atoms with van der Waals surface area (Å²) >= 11 is 1.33. The van der Waals surface area contributed by atoms with Gasteiger partial charge in [0, 0.05) is 40.3 Å². The predicted octanol–water partition coefficient (Wildman–Crippen LogP) is 1.05. The van der Waals surface area contributed by atoms with Crippen LogP contribution in [0.2, 0.25) is 0 Å². The van der Waals surface area contributed by atoms with Crippen LogP contribution in [-0.4, -0.2) is 62.5 Å². The number of anilines is 2. The lowest BCUT2D eigenvalue weighted by Gasteiger charge is -2.34. The van der Waals surface area contributed by atoms with Gasteiger partial charge in [0.25, 0.3) is 5.91 Å². The van der Waals surface area contributed by atoms with Gasteiger partial charge in [-0.2, -0.15) is 5.26 Å². The van der Waals surface area contributed by atoms with Gasteiger partial charge in [0.2, 0.25) is 0 Å². The van der Waals surface area contributed by atoms with Crippen molar-refractivity contribution in [2.45, 2.75) is 6.92 Å². The van der Waals surface area contributed by atoms with E-state index in [1.165, 1.54) is 16.2 Å². The molecule has 1 amide bonds. The molecule has 1 saturated heterocycles. The summed E-state index contributed by atoms with van der Waals surface area (Å²) in [7, 11) is 3.38. The molecule has 1 aromatic rings. The van der Waals surface area contributed by atoms with E-state index in [2.05, 4.69) is 22.8 Å². The summed E-state index contributed by atoms with van der Waals surface area (Å²) in [5.41, 5.74) is 6.77. The minimum Gasteiger partial charge on any atom is -0.396 e. The van der Waals surface area contributed by atoms with Gasteiger partial charge in [0.1, 0.15) is 21.5 Å². The van der Waals surface area contributed by atoms with Crippen LogP contribution < -0.4 is 10.6 Å². The Morgan fingerprint density at radius 3 is 2.48 bits per heavy atom. The van der Waals surface area contributed by atoms with E-state index >= 15 is 0 Å². The Labute approximate surface area is 129 Å². The second-order valence-corrected chi connectivity index (χ2v) is 6.26. The van der Waals surface area contributed by atoms with Crippen LogP contribution in [-0.2, 0) is 0 Å². The van der Waals surface area contributed by atoms with Crippen molar-refractivity contribution in [3.63, 3.8) is 0 Å². The summed E-state index contributed by atoms with van der Waals surface area (Å²) in [6.45, 7) is 6.84. The molecule has 0 bridgehead atoms. The fraction of sp³-hybridized carbons (Fsp3) is 0.571. The van der Waals surface area contributed by atoms with Gasteiger partial charge in [-0.05, 0) is 6.54 Å². The fourth-order valence-electron chi connectivity index (χ4n) is 2.39. The molecule has 2 heterocycles. The minimum atomic E-state index is -0.146. The molecule has 21 heavy (non-hydrogen) atoms. The van der Waals surface area contributed by atoms with Gasteiger partial charge in [-0.3, -0.25) is 4.79 Å². The van der Waals surface area contributed by atoms with Crippen LogP contribution in [0, 0.1) is 11.3 Å². The lowest BCUT2D eigenvalue weighted by atomic mass is 10.2. The normalized spacial score (nSPS) is 15.8. The molecule has 2 N–H and O–H groups in total. The number of nitrogens with zero attached hydrogens (tertiary/aromatic N) is 4. The van der Waals surface area contributed by atoms with Gasteiger partial charge < -0.3 is 20.4 Å². The third-order valence-corrected chi connectivity index (χ3v) is 5.00. The van der Waals surface area contributed by atoms with Crippen LogP contribution in [0.1, 0.15) is 22.2 Å². The van der Waals surface area contributed by atoms with E-state index in [4.69, 9.17) is 5.73 Å². The highest BCUT2D eigenvalue weighted by atomic mass is 32.1. The molecule has 0 spiro atoms. The molecule has 1 aliphatic rings. The zero-order chi connectivity index (χ0) is 15.6. The van der Waals surface area contributed by atoms with Crippen LogP contribution in [0.15, 0.2) is 0 Å². The van der Waals surface area contributed by atoms with Crippen molar-refractivity contribution in [1.29, 1.82) is 5.26 Å². The van der Waals surface area contributed by atoms with Crippen molar-refractivity contribution in [2.75, 3.05) is 57.5 Å². The standard InChI is InChI=1S/C14H21N5OS/c1-4-18-5-7-19(8-6-18)14-10(9-15)11(16)12(21-14)13(20)17(2)3/h4-8,16H2,1-3H3. The molecular formula is C14H21N5OS. The van der Waals surface area contributed by atoms with Crippen molar-refractivity contribution < 1.29 is 4.79 Å². The first kappa shape index (κ1) is 15.6. The number of nitrogen functional groups attached to an aromatic ring is 1. The molecule has 2 rings (SSSR count). The van der Waals surface area contributed by atoms with E-state index in [1.54, 1.807) is 14.1 Å². The van der Waals surface area contributed by atoms with E-state index in [-0.39, 0.29) is 5.91 Å². The molecule has 6 nitrogen and oxygen atoms in total. The van der Waals surface area contributed by atoms with Crippen LogP contribution in [0.3, 0.4) is 0 Å². The maximum Gasteiger partial charge on any atom is 0.265 e. The van der Waals surface area contributed by atoms with Crippen LogP contribution in [0.5, 0.6) is 0 Å². The predicted molar refractivity (Wildman–Crippen MR) is 85.8 cm³/mol. The van der Waals surface area contributed by atoms with E-state index in [1.807, 2.05) is 0 Å². The quantitative estimate of drug-likeness (QED) is 0.903. The molecular weight excluding hydrogens is 286 g/mol. The summed E-state index contributed by atoms with van der Waals surface area (Å²) in [6.07, 6.45) is 0. The Morgan fingerprint density at radius 1 is 1.38 bits per heavy atom. The highest BCUT2D eigenvalue weighted by molar-refractivity contribution is 7.19. The average Bonchev–Trinajstić information content (AvgIpc) is 2.83. The average molecular weight is 307 g/mol. The highest BCUT2D eigenvalue weighted by Gasteiger charge is 2.27. The molecule has 1 aromatic heterocycles. The molecule has 0 aromatic carbocycles. The molecule has 1 aliphatic heterocycles. The maximum absolute atomic E-state index is 12.1. The van der Waals surface area contributed by atoms with Gasteiger partial charge in [-0.15, -0.1) is 11.3 Å². The molecule has 0 saturated carbocycles. The molecule has 0 aliphatic carbocycles. The zero-order valence-corrected chi connectivity index (χ0v) is 13.5. The van der Waals surface area contributed by atoms with Crippen molar-refractivity contribution in [3.05, 3.63) is 10.4 Å². The SMILES string of the molecule is CCN1CCN(c2sc(C(=O)N(C)C)c(N)c2C#N)CC1. The van der Waals surface area contributed by atoms with E-state index < -0.39 is 0 Å². The lowest BCUT2D eigenvalue weighted by Crippen LogP contribution is -2.46. The van der Waals surface area contributed by atoms with Crippen LogP contribution >= 0.6 is 11.3 Å². The number of hydrogen-bond donors (Lipinski definition) is 1. The molecule has 1 fully saturated rings. The monoisotopic (exact) mass is 307 g/mol. The number of carbonyl (C=O) groups is 1. The number of piperazine rings is 1. The Kier molecular flexibility index (Phi) is 4.70.